The zero-order chi connectivity index (χ0) is 12.7. The summed E-state index contributed by atoms with van der Waals surface area (Å²) in [6.45, 7) is 0.531. The number of nitrogens with zero attached hydrogens (tertiary/aromatic N) is 2. The van der Waals surface area contributed by atoms with E-state index in [-0.39, 0.29) is 12.0 Å². The van der Waals surface area contributed by atoms with Crippen molar-refractivity contribution in [3.63, 3.8) is 0 Å². The lowest BCUT2D eigenvalue weighted by molar-refractivity contribution is -0.141. The second-order valence-corrected chi connectivity index (χ2v) is 4.80. The summed E-state index contributed by atoms with van der Waals surface area (Å²) in [4.78, 5) is 15.4. The molecule has 2 atom stereocenters. The van der Waals surface area contributed by atoms with Gasteiger partial charge in [0.25, 0.3) is 0 Å². The first kappa shape index (κ1) is 11.2. The summed E-state index contributed by atoms with van der Waals surface area (Å²) < 4.78 is 1.97. The zero-order valence-electron chi connectivity index (χ0n) is 10.1. The molecule has 1 aromatic carbocycles. The fraction of sp³-hybridized carbons (Fsp3) is 0.385. The van der Waals surface area contributed by atoms with E-state index in [0.29, 0.717) is 13.0 Å². The second-order valence-electron chi connectivity index (χ2n) is 4.80. The van der Waals surface area contributed by atoms with Gasteiger partial charge in [0.15, 0.2) is 0 Å². The van der Waals surface area contributed by atoms with Crippen LogP contribution in [0.4, 0.5) is 0 Å². The third-order valence-corrected chi connectivity index (χ3v) is 3.64. The maximum absolute atomic E-state index is 11.0. The van der Waals surface area contributed by atoms with Gasteiger partial charge in [-0.2, -0.15) is 0 Å². The number of nitrogens with one attached hydrogen (secondary N) is 1. The summed E-state index contributed by atoms with van der Waals surface area (Å²) in [5, 5.41) is 12.3. The molecule has 1 aromatic heterocycles. The number of carboxylic acids is 1. The standard InChI is InChI=1S/C13H15N3O2/c1-16-7-15-12-9(3-2-4-11(12)16)10-5-8(6-14-10)13(17)18/h2-4,7-8,10,14H,5-6H2,1H3,(H,17,18). The quantitative estimate of drug-likeness (QED) is 0.837. The number of carbonyl (C=O) groups is 1. The van der Waals surface area contributed by atoms with Crippen LogP contribution in [0, 0.1) is 5.92 Å². The molecular weight excluding hydrogens is 230 g/mol. The molecule has 0 amide bonds. The summed E-state index contributed by atoms with van der Waals surface area (Å²) in [5.41, 5.74) is 3.13. The van der Waals surface area contributed by atoms with Crippen LogP contribution in [-0.4, -0.2) is 27.2 Å². The summed E-state index contributed by atoms with van der Waals surface area (Å²) in [6.07, 6.45) is 2.42. The van der Waals surface area contributed by atoms with Crippen LogP contribution in [0.25, 0.3) is 11.0 Å². The maximum atomic E-state index is 11.0. The van der Waals surface area contributed by atoms with Crippen molar-refractivity contribution < 1.29 is 9.90 Å². The predicted octanol–water partition coefficient (Wildman–Crippen LogP) is 1.31. The summed E-state index contributed by atoms with van der Waals surface area (Å²) in [5.74, 6) is -1.02. The molecular formula is C13H15N3O2. The van der Waals surface area contributed by atoms with Crippen LogP contribution in [0.15, 0.2) is 24.5 Å². The van der Waals surface area contributed by atoms with Crippen LogP contribution < -0.4 is 5.32 Å². The van der Waals surface area contributed by atoms with Crippen LogP contribution in [-0.2, 0) is 11.8 Å². The highest BCUT2D eigenvalue weighted by Crippen LogP contribution is 2.31. The number of hydrogen-bond donors (Lipinski definition) is 2. The van der Waals surface area contributed by atoms with Gasteiger partial charge in [-0.15, -0.1) is 0 Å². The molecule has 0 spiro atoms. The average molecular weight is 245 g/mol. The predicted molar refractivity (Wildman–Crippen MR) is 67.2 cm³/mol. The molecule has 18 heavy (non-hydrogen) atoms. The van der Waals surface area contributed by atoms with E-state index in [1.807, 2.05) is 29.8 Å². The number of carboxylic acid groups (broad SMARTS) is 1. The molecule has 1 saturated heterocycles. The Labute approximate surface area is 104 Å². The number of benzene rings is 1. The number of aromatic nitrogens is 2. The Morgan fingerprint density at radius 2 is 2.39 bits per heavy atom. The number of aliphatic carboxylic acids is 1. The van der Waals surface area contributed by atoms with E-state index in [2.05, 4.69) is 10.3 Å². The molecule has 0 aliphatic carbocycles. The van der Waals surface area contributed by atoms with Gasteiger partial charge in [0, 0.05) is 19.6 Å². The lowest BCUT2D eigenvalue weighted by Crippen LogP contribution is -2.17. The first-order valence-corrected chi connectivity index (χ1v) is 6.03. The second kappa shape index (κ2) is 4.10. The fourth-order valence-corrected chi connectivity index (χ4v) is 2.62. The molecule has 5 heteroatoms. The van der Waals surface area contributed by atoms with Gasteiger partial charge >= 0.3 is 5.97 Å². The Hall–Kier alpha value is -1.88. The Bertz CT molecular complexity index is 605. The summed E-state index contributed by atoms with van der Waals surface area (Å²) in [7, 11) is 1.96. The number of para-hydroxylation sites is 1. The monoisotopic (exact) mass is 245 g/mol. The Morgan fingerprint density at radius 1 is 1.56 bits per heavy atom. The van der Waals surface area contributed by atoms with Crippen LogP contribution in [0.1, 0.15) is 18.0 Å². The number of hydrogen-bond acceptors (Lipinski definition) is 3. The molecule has 0 bridgehead atoms. The smallest absolute Gasteiger partial charge is 0.307 e. The van der Waals surface area contributed by atoms with E-state index in [1.165, 1.54) is 0 Å². The van der Waals surface area contributed by atoms with Gasteiger partial charge in [-0.3, -0.25) is 4.79 Å². The topological polar surface area (TPSA) is 67.2 Å². The van der Waals surface area contributed by atoms with Gasteiger partial charge in [0.2, 0.25) is 0 Å². The Morgan fingerprint density at radius 3 is 3.11 bits per heavy atom. The number of fused-ring (bicyclic) bond motifs is 1. The summed E-state index contributed by atoms with van der Waals surface area (Å²) in [6, 6.07) is 6.13. The van der Waals surface area contributed by atoms with E-state index in [0.717, 1.165) is 16.6 Å². The van der Waals surface area contributed by atoms with Gasteiger partial charge < -0.3 is 15.0 Å². The maximum Gasteiger partial charge on any atom is 0.307 e. The first-order valence-electron chi connectivity index (χ1n) is 6.03. The van der Waals surface area contributed by atoms with Crippen molar-refractivity contribution in [2.45, 2.75) is 12.5 Å². The number of imidazole rings is 1. The molecule has 2 aromatic rings. The number of aryl methyl sites for hydroxylation is 1. The molecule has 2 N–H and O–H groups in total. The molecule has 0 saturated carbocycles. The van der Waals surface area contributed by atoms with E-state index in [4.69, 9.17) is 5.11 Å². The Kier molecular flexibility index (Phi) is 2.56. The third-order valence-electron chi connectivity index (χ3n) is 3.64. The fourth-order valence-electron chi connectivity index (χ4n) is 2.62. The molecule has 2 unspecified atom stereocenters. The van der Waals surface area contributed by atoms with Crippen molar-refractivity contribution in [2.24, 2.45) is 13.0 Å². The van der Waals surface area contributed by atoms with Crippen molar-refractivity contribution in [3.8, 4) is 0 Å². The van der Waals surface area contributed by atoms with Gasteiger partial charge in [0.05, 0.1) is 23.3 Å². The van der Waals surface area contributed by atoms with Crippen molar-refractivity contribution in [2.75, 3.05) is 6.54 Å². The normalized spacial score (nSPS) is 23.6. The van der Waals surface area contributed by atoms with E-state index < -0.39 is 5.97 Å². The minimum absolute atomic E-state index is 0.0877. The van der Waals surface area contributed by atoms with Crippen molar-refractivity contribution in [1.82, 2.24) is 14.9 Å². The molecule has 5 nitrogen and oxygen atoms in total. The van der Waals surface area contributed by atoms with E-state index >= 15 is 0 Å². The van der Waals surface area contributed by atoms with Gasteiger partial charge in [-0.1, -0.05) is 12.1 Å². The average Bonchev–Trinajstić information content (AvgIpc) is 2.97. The highest BCUT2D eigenvalue weighted by Gasteiger charge is 2.31. The third kappa shape index (κ3) is 1.67. The molecule has 94 valence electrons. The van der Waals surface area contributed by atoms with E-state index in [1.54, 1.807) is 6.33 Å². The van der Waals surface area contributed by atoms with Crippen molar-refractivity contribution in [3.05, 3.63) is 30.1 Å². The van der Waals surface area contributed by atoms with Crippen LogP contribution >= 0.6 is 0 Å². The lowest BCUT2D eigenvalue weighted by Gasteiger charge is -2.11. The van der Waals surface area contributed by atoms with Crippen molar-refractivity contribution in [1.29, 1.82) is 0 Å². The molecule has 1 aliphatic heterocycles. The molecule has 0 radical (unpaired) electrons. The first-order chi connectivity index (χ1) is 8.66. The van der Waals surface area contributed by atoms with Crippen LogP contribution in [0.2, 0.25) is 0 Å². The van der Waals surface area contributed by atoms with Crippen LogP contribution in [0.3, 0.4) is 0 Å². The molecule has 1 aliphatic rings. The highest BCUT2D eigenvalue weighted by molar-refractivity contribution is 5.80. The minimum atomic E-state index is -0.724. The van der Waals surface area contributed by atoms with Gasteiger partial charge in [-0.05, 0) is 18.1 Å². The van der Waals surface area contributed by atoms with Crippen molar-refractivity contribution >= 4 is 17.0 Å². The zero-order valence-corrected chi connectivity index (χ0v) is 10.1. The minimum Gasteiger partial charge on any atom is -0.481 e. The van der Waals surface area contributed by atoms with E-state index in [9.17, 15) is 4.79 Å². The SMILES string of the molecule is Cn1cnc2c(C3CC(C(=O)O)CN3)cccc21. The largest absolute Gasteiger partial charge is 0.481 e. The number of rotatable bonds is 2. The highest BCUT2D eigenvalue weighted by atomic mass is 16.4. The van der Waals surface area contributed by atoms with Gasteiger partial charge in [0.1, 0.15) is 0 Å². The Balaban J connectivity index is 1.98. The van der Waals surface area contributed by atoms with Gasteiger partial charge in [-0.25, -0.2) is 4.98 Å². The van der Waals surface area contributed by atoms with Crippen LogP contribution in [0.5, 0.6) is 0 Å². The molecule has 1 fully saturated rings. The molecule has 2 heterocycles. The lowest BCUT2D eigenvalue weighted by atomic mass is 9.99. The molecule has 3 rings (SSSR count). The summed E-state index contributed by atoms with van der Waals surface area (Å²) >= 11 is 0.